The zero-order chi connectivity index (χ0) is 19.5. The first kappa shape index (κ1) is 19.1. The first-order chi connectivity index (χ1) is 13.7. The zero-order valence-corrected chi connectivity index (χ0v) is 17.9. The molecule has 0 aliphatic carbocycles. The molecule has 3 aromatic carbocycles. The number of ether oxygens (including phenoxy) is 1. The topological polar surface area (TPSA) is 22.1 Å². The molecular formula is C23H18ClNOS2. The Bertz CT molecular complexity index is 1020. The summed E-state index contributed by atoms with van der Waals surface area (Å²) in [5, 5.41) is 1.63. The van der Waals surface area contributed by atoms with Gasteiger partial charge < -0.3 is 4.74 Å². The van der Waals surface area contributed by atoms with Crippen molar-refractivity contribution in [2.24, 2.45) is 0 Å². The lowest BCUT2D eigenvalue weighted by Crippen LogP contribution is -1.85. The molecule has 2 nitrogen and oxygen atoms in total. The summed E-state index contributed by atoms with van der Waals surface area (Å²) in [4.78, 5) is 7.35. The van der Waals surface area contributed by atoms with Crippen molar-refractivity contribution in [2.45, 2.75) is 4.90 Å². The monoisotopic (exact) mass is 423 g/mol. The molecule has 0 unspecified atom stereocenters. The van der Waals surface area contributed by atoms with Gasteiger partial charge in [0.15, 0.2) is 0 Å². The van der Waals surface area contributed by atoms with Gasteiger partial charge in [0.25, 0.3) is 0 Å². The molecule has 0 aliphatic rings. The quantitative estimate of drug-likeness (QED) is 0.310. The lowest BCUT2D eigenvalue weighted by atomic mass is 10.1. The number of nitrogens with zero attached hydrogens (tertiary/aromatic N) is 1. The van der Waals surface area contributed by atoms with Crippen LogP contribution >= 0.6 is 34.7 Å². The van der Waals surface area contributed by atoms with E-state index in [-0.39, 0.29) is 0 Å². The lowest BCUT2D eigenvalue weighted by molar-refractivity contribution is 0.415. The van der Waals surface area contributed by atoms with Gasteiger partial charge in [0.2, 0.25) is 0 Å². The van der Waals surface area contributed by atoms with Crippen LogP contribution in [-0.4, -0.2) is 18.3 Å². The van der Waals surface area contributed by atoms with Gasteiger partial charge in [-0.3, -0.25) is 0 Å². The number of aromatic nitrogens is 1. The van der Waals surface area contributed by atoms with Crippen LogP contribution in [0.3, 0.4) is 0 Å². The molecule has 0 amide bonds. The molecule has 1 aromatic heterocycles. The summed E-state index contributed by atoms with van der Waals surface area (Å²) < 4.78 is 5.30. The largest absolute Gasteiger partial charge is 0.497 e. The third-order valence-electron chi connectivity index (χ3n) is 4.45. The van der Waals surface area contributed by atoms with Crippen molar-refractivity contribution in [1.82, 2.24) is 4.98 Å². The van der Waals surface area contributed by atoms with Crippen molar-refractivity contribution in [2.75, 3.05) is 13.4 Å². The van der Waals surface area contributed by atoms with Crippen LogP contribution in [0.25, 0.3) is 32.3 Å². The number of methoxy groups -OCH3 is 1. The third kappa shape index (κ3) is 3.81. The van der Waals surface area contributed by atoms with E-state index in [4.69, 9.17) is 21.3 Å². The van der Waals surface area contributed by atoms with E-state index in [1.807, 2.05) is 48.5 Å². The van der Waals surface area contributed by atoms with Gasteiger partial charge in [0.05, 0.1) is 22.7 Å². The van der Waals surface area contributed by atoms with E-state index in [2.05, 4.69) is 30.5 Å². The maximum atomic E-state index is 6.44. The van der Waals surface area contributed by atoms with Gasteiger partial charge in [-0.25, -0.2) is 4.98 Å². The standard InChI is InChI=1S/C23H18ClNOS2/c1-26-17-11-7-15(8-12-17)21-22(16-9-13-18(27-2)14-10-16)28-23(25-21)19-5-3-4-6-20(19)24/h3-14H,1-2H3. The fraction of sp³-hybridized carbons (Fsp3) is 0.0870. The fourth-order valence-corrected chi connectivity index (χ4v) is 4.77. The van der Waals surface area contributed by atoms with Gasteiger partial charge in [-0.2, -0.15) is 0 Å². The van der Waals surface area contributed by atoms with Gasteiger partial charge in [0, 0.05) is 16.0 Å². The maximum absolute atomic E-state index is 6.44. The maximum Gasteiger partial charge on any atom is 0.126 e. The predicted octanol–water partition coefficient (Wildman–Crippen LogP) is 7.53. The smallest absolute Gasteiger partial charge is 0.126 e. The van der Waals surface area contributed by atoms with Crippen molar-refractivity contribution in [3.63, 3.8) is 0 Å². The van der Waals surface area contributed by atoms with Crippen LogP contribution in [-0.2, 0) is 0 Å². The van der Waals surface area contributed by atoms with Crippen molar-refractivity contribution < 1.29 is 4.74 Å². The number of rotatable bonds is 5. The zero-order valence-electron chi connectivity index (χ0n) is 15.5. The summed E-state index contributed by atoms with van der Waals surface area (Å²) in [7, 11) is 1.67. The number of hydrogen-bond acceptors (Lipinski definition) is 4. The van der Waals surface area contributed by atoms with E-state index in [1.54, 1.807) is 30.2 Å². The average Bonchev–Trinajstić information content (AvgIpc) is 3.19. The molecule has 0 bridgehead atoms. The number of benzene rings is 3. The van der Waals surface area contributed by atoms with E-state index in [0.29, 0.717) is 5.02 Å². The third-order valence-corrected chi connectivity index (χ3v) is 6.66. The van der Waals surface area contributed by atoms with Gasteiger partial charge in [-0.15, -0.1) is 23.1 Å². The minimum Gasteiger partial charge on any atom is -0.497 e. The average molecular weight is 424 g/mol. The van der Waals surface area contributed by atoms with Crippen LogP contribution in [0.15, 0.2) is 77.7 Å². The molecule has 0 N–H and O–H groups in total. The molecule has 1 heterocycles. The molecule has 0 atom stereocenters. The Balaban J connectivity index is 1.87. The predicted molar refractivity (Wildman–Crippen MR) is 122 cm³/mol. The Labute approximate surface area is 178 Å². The first-order valence-corrected chi connectivity index (χ1v) is 11.2. The van der Waals surface area contributed by atoms with Crippen LogP contribution in [0.1, 0.15) is 0 Å². The van der Waals surface area contributed by atoms with Gasteiger partial charge in [-0.05, 0) is 54.3 Å². The fourth-order valence-electron chi connectivity index (χ4n) is 2.95. The lowest BCUT2D eigenvalue weighted by Gasteiger charge is -2.05. The highest BCUT2D eigenvalue weighted by atomic mass is 35.5. The minimum atomic E-state index is 0.710. The van der Waals surface area contributed by atoms with Crippen LogP contribution in [0.5, 0.6) is 5.75 Å². The summed E-state index contributed by atoms with van der Waals surface area (Å²) in [6, 6.07) is 24.5. The van der Waals surface area contributed by atoms with E-state index >= 15 is 0 Å². The molecule has 4 aromatic rings. The number of hydrogen-bond donors (Lipinski definition) is 0. The summed E-state index contributed by atoms with van der Waals surface area (Å²) in [5.41, 5.74) is 4.12. The number of thioether (sulfide) groups is 1. The van der Waals surface area contributed by atoms with E-state index in [1.165, 1.54) is 4.90 Å². The highest BCUT2D eigenvalue weighted by molar-refractivity contribution is 7.98. The molecule has 0 saturated heterocycles. The van der Waals surface area contributed by atoms with Crippen LogP contribution in [0, 0.1) is 0 Å². The highest BCUT2D eigenvalue weighted by Gasteiger charge is 2.17. The van der Waals surface area contributed by atoms with E-state index in [9.17, 15) is 0 Å². The molecule has 0 aliphatic heterocycles. The highest BCUT2D eigenvalue weighted by Crippen LogP contribution is 2.42. The summed E-state index contributed by atoms with van der Waals surface area (Å²) in [5.74, 6) is 0.830. The van der Waals surface area contributed by atoms with Crippen molar-refractivity contribution in [1.29, 1.82) is 0 Å². The molecule has 0 spiro atoms. The van der Waals surface area contributed by atoms with Crippen LogP contribution in [0.2, 0.25) is 5.02 Å². The van der Waals surface area contributed by atoms with Crippen molar-refractivity contribution >= 4 is 34.7 Å². The van der Waals surface area contributed by atoms with E-state index in [0.717, 1.165) is 38.0 Å². The minimum absolute atomic E-state index is 0.710. The van der Waals surface area contributed by atoms with Gasteiger partial charge in [0.1, 0.15) is 10.8 Å². The van der Waals surface area contributed by atoms with E-state index < -0.39 is 0 Å². The first-order valence-electron chi connectivity index (χ1n) is 8.74. The Morgan fingerprint density at radius 2 is 1.57 bits per heavy atom. The Morgan fingerprint density at radius 3 is 2.21 bits per heavy atom. The second-order valence-corrected chi connectivity index (χ2v) is 8.42. The normalized spacial score (nSPS) is 10.8. The molecule has 0 fully saturated rings. The SMILES string of the molecule is COc1ccc(-c2nc(-c3ccccc3Cl)sc2-c2ccc(SC)cc2)cc1. The Morgan fingerprint density at radius 1 is 0.893 bits per heavy atom. The molecular weight excluding hydrogens is 406 g/mol. The molecule has 0 radical (unpaired) electrons. The molecule has 0 saturated carbocycles. The Hall–Kier alpha value is -2.27. The van der Waals surface area contributed by atoms with Crippen molar-refractivity contribution in [3.8, 4) is 38.0 Å². The van der Waals surface area contributed by atoms with Crippen LogP contribution in [0.4, 0.5) is 0 Å². The second kappa shape index (κ2) is 8.39. The van der Waals surface area contributed by atoms with Crippen molar-refractivity contribution in [3.05, 3.63) is 77.8 Å². The number of thiazole rings is 1. The molecule has 140 valence electrons. The van der Waals surface area contributed by atoms with Gasteiger partial charge >= 0.3 is 0 Å². The summed E-state index contributed by atoms with van der Waals surface area (Å²) >= 11 is 9.84. The van der Waals surface area contributed by atoms with Crippen LogP contribution < -0.4 is 4.74 Å². The summed E-state index contributed by atoms with van der Waals surface area (Å²) in [6.45, 7) is 0. The molecule has 28 heavy (non-hydrogen) atoms. The second-order valence-electron chi connectivity index (χ2n) is 6.13. The summed E-state index contributed by atoms with van der Waals surface area (Å²) in [6.07, 6.45) is 2.08. The molecule has 5 heteroatoms. The number of halogens is 1. The Kier molecular flexibility index (Phi) is 5.72. The molecule has 4 rings (SSSR count). The van der Waals surface area contributed by atoms with Gasteiger partial charge in [-0.1, -0.05) is 41.9 Å².